The van der Waals surface area contributed by atoms with Crippen LogP contribution in [0.15, 0.2) is 59.4 Å². The fourth-order valence-corrected chi connectivity index (χ4v) is 4.61. The number of nitrogens with one attached hydrogen (secondary N) is 2. The molecule has 33 heavy (non-hydrogen) atoms. The van der Waals surface area contributed by atoms with Crippen LogP contribution in [0.3, 0.4) is 0 Å². The van der Waals surface area contributed by atoms with E-state index >= 15 is 0 Å². The molecule has 0 aliphatic heterocycles. The molecule has 168 valence electrons. The first kappa shape index (κ1) is 23.1. The van der Waals surface area contributed by atoms with Gasteiger partial charge in [-0.3, -0.25) is 14.4 Å². The third kappa shape index (κ3) is 5.11. The van der Waals surface area contributed by atoms with Crippen LogP contribution in [0.2, 0.25) is 0 Å². The van der Waals surface area contributed by atoms with Gasteiger partial charge in [0.25, 0.3) is 17.4 Å². The molecular formula is C23H18FIN4O3S. The summed E-state index contributed by atoms with van der Waals surface area (Å²) >= 11 is 3.11. The molecular weight excluding hydrogens is 558 g/mol. The zero-order chi connectivity index (χ0) is 23.5. The second-order valence-electron chi connectivity index (χ2n) is 7.16. The number of fused-ring (bicyclic) bond motifs is 1. The highest BCUT2D eigenvalue weighted by atomic mass is 127. The van der Waals surface area contributed by atoms with E-state index in [4.69, 9.17) is 0 Å². The molecule has 10 heteroatoms. The van der Waals surface area contributed by atoms with Crippen LogP contribution in [0.1, 0.15) is 39.2 Å². The van der Waals surface area contributed by atoms with Gasteiger partial charge in [0.15, 0.2) is 4.96 Å². The van der Waals surface area contributed by atoms with Gasteiger partial charge in [-0.2, -0.15) is 0 Å². The van der Waals surface area contributed by atoms with Gasteiger partial charge in [0.1, 0.15) is 16.4 Å². The molecule has 2 aromatic heterocycles. The molecule has 0 aliphatic carbocycles. The van der Waals surface area contributed by atoms with Crippen LogP contribution < -0.4 is 16.2 Å². The van der Waals surface area contributed by atoms with Crippen LogP contribution >= 0.6 is 33.9 Å². The number of thiazole rings is 1. The maximum atomic E-state index is 13.2. The first-order valence-corrected chi connectivity index (χ1v) is 11.9. The van der Waals surface area contributed by atoms with Crippen molar-refractivity contribution in [1.29, 1.82) is 0 Å². The van der Waals surface area contributed by atoms with E-state index in [-0.39, 0.29) is 15.5 Å². The minimum absolute atomic E-state index is 0.0283. The van der Waals surface area contributed by atoms with Crippen LogP contribution in [0, 0.1) is 9.39 Å². The van der Waals surface area contributed by atoms with Gasteiger partial charge in [0.2, 0.25) is 0 Å². The molecule has 0 unspecified atom stereocenters. The van der Waals surface area contributed by atoms with Crippen LogP contribution in [0.4, 0.5) is 15.8 Å². The predicted molar refractivity (Wildman–Crippen MR) is 135 cm³/mol. The van der Waals surface area contributed by atoms with E-state index in [2.05, 4.69) is 38.2 Å². The van der Waals surface area contributed by atoms with Gasteiger partial charge in [-0.25, -0.2) is 13.8 Å². The number of hydrogen-bond acceptors (Lipinski definition) is 5. The summed E-state index contributed by atoms with van der Waals surface area (Å²) in [6, 6.07) is 13.8. The summed E-state index contributed by atoms with van der Waals surface area (Å²) in [6.07, 6.45) is 1.40. The Morgan fingerprint density at radius 1 is 1.03 bits per heavy atom. The summed E-state index contributed by atoms with van der Waals surface area (Å²) < 4.78 is 15.4. The molecule has 4 aromatic rings. The lowest BCUT2D eigenvalue weighted by molar-refractivity contribution is 0.0989. The minimum Gasteiger partial charge on any atom is -0.321 e. The normalized spacial score (nSPS) is 10.9. The molecule has 2 aromatic carbocycles. The summed E-state index contributed by atoms with van der Waals surface area (Å²) in [7, 11) is 0. The van der Waals surface area contributed by atoms with Gasteiger partial charge >= 0.3 is 0 Å². The molecule has 0 fully saturated rings. The smallest absolute Gasteiger partial charge is 0.274 e. The highest BCUT2D eigenvalue weighted by Gasteiger charge is 2.26. The Labute approximate surface area is 205 Å². The van der Waals surface area contributed by atoms with E-state index in [9.17, 15) is 18.8 Å². The van der Waals surface area contributed by atoms with Crippen molar-refractivity contribution in [2.45, 2.75) is 19.8 Å². The van der Waals surface area contributed by atoms with Gasteiger partial charge < -0.3 is 10.6 Å². The van der Waals surface area contributed by atoms with E-state index in [1.54, 1.807) is 12.1 Å². The minimum atomic E-state index is -0.612. The molecule has 0 radical (unpaired) electrons. The quantitative estimate of drug-likeness (QED) is 0.318. The van der Waals surface area contributed by atoms with Crippen molar-refractivity contribution in [3.63, 3.8) is 0 Å². The lowest BCUT2D eigenvalue weighted by atomic mass is 10.2. The Morgan fingerprint density at radius 2 is 1.64 bits per heavy atom. The first-order valence-electron chi connectivity index (χ1n) is 10.0. The Morgan fingerprint density at radius 3 is 2.27 bits per heavy atom. The molecule has 0 bridgehead atoms. The van der Waals surface area contributed by atoms with Gasteiger partial charge in [-0.05, 0) is 77.5 Å². The number of benzene rings is 2. The lowest BCUT2D eigenvalue weighted by Crippen LogP contribution is -2.25. The van der Waals surface area contributed by atoms with Crippen LogP contribution in [0.5, 0.6) is 0 Å². The molecule has 0 spiro atoms. The maximum absolute atomic E-state index is 13.2. The zero-order valence-corrected chi connectivity index (χ0v) is 20.4. The zero-order valence-electron chi connectivity index (χ0n) is 17.4. The number of carbonyl (C=O) groups excluding carboxylic acids is 2. The van der Waals surface area contributed by atoms with Gasteiger partial charge in [0.05, 0.1) is 0 Å². The lowest BCUT2D eigenvalue weighted by Gasteiger charge is -2.08. The van der Waals surface area contributed by atoms with E-state index < -0.39 is 23.2 Å². The standard InChI is InChI=1S/C23H18FIN4O3S/c1-2-3-17-12-18(30)29-19(21(31)26-16-10-6-14(25)7-11-16)20(33-23(29)28-17)22(32)27-15-8-4-13(24)5-9-15/h4-12H,2-3H2,1H3,(H,26,31)(H,27,32). The topological polar surface area (TPSA) is 92.6 Å². The number of anilines is 2. The molecule has 2 heterocycles. The average Bonchev–Trinajstić information content (AvgIpc) is 3.17. The highest BCUT2D eigenvalue weighted by molar-refractivity contribution is 14.1. The van der Waals surface area contributed by atoms with Crippen molar-refractivity contribution in [2.24, 2.45) is 0 Å². The largest absolute Gasteiger partial charge is 0.321 e. The Balaban J connectivity index is 1.79. The summed E-state index contributed by atoms with van der Waals surface area (Å²) in [6.45, 7) is 1.97. The number of hydrogen-bond donors (Lipinski definition) is 2. The molecule has 4 rings (SSSR count). The SMILES string of the molecule is CCCc1cc(=O)n2c(C(=O)Nc3ccc(I)cc3)c(C(=O)Nc3ccc(F)cc3)sc2n1. The molecule has 0 saturated heterocycles. The number of aryl methyl sites for hydroxylation is 1. The first-order chi connectivity index (χ1) is 15.9. The number of nitrogens with zero attached hydrogens (tertiary/aromatic N) is 2. The number of rotatable bonds is 6. The average molecular weight is 576 g/mol. The van der Waals surface area contributed by atoms with Crippen molar-refractivity contribution >= 4 is 62.1 Å². The van der Waals surface area contributed by atoms with Crippen molar-refractivity contribution in [3.05, 3.63) is 90.6 Å². The Hall–Kier alpha value is -3.12. The van der Waals surface area contributed by atoms with E-state index in [0.29, 0.717) is 23.5 Å². The molecule has 0 saturated carbocycles. The maximum Gasteiger partial charge on any atom is 0.274 e. The summed E-state index contributed by atoms with van der Waals surface area (Å²) in [5, 5.41) is 5.40. The third-order valence-electron chi connectivity index (χ3n) is 4.70. The van der Waals surface area contributed by atoms with Crippen LogP contribution in [0.25, 0.3) is 4.96 Å². The van der Waals surface area contributed by atoms with E-state index in [1.165, 1.54) is 30.3 Å². The molecule has 2 N–H and O–H groups in total. The van der Waals surface area contributed by atoms with Crippen LogP contribution in [-0.2, 0) is 6.42 Å². The van der Waals surface area contributed by atoms with Gasteiger partial charge in [-0.1, -0.05) is 24.7 Å². The van der Waals surface area contributed by atoms with Crippen LogP contribution in [-0.4, -0.2) is 21.2 Å². The molecule has 7 nitrogen and oxygen atoms in total. The summed E-state index contributed by atoms with van der Waals surface area (Å²) in [5.41, 5.74) is 0.934. The van der Waals surface area contributed by atoms with E-state index in [1.807, 2.05) is 19.1 Å². The summed E-state index contributed by atoms with van der Waals surface area (Å²) in [5.74, 6) is -1.65. The molecule has 0 aliphatic rings. The van der Waals surface area contributed by atoms with Crippen molar-refractivity contribution in [3.8, 4) is 0 Å². The number of halogens is 2. The monoisotopic (exact) mass is 576 g/mol. The van der Waals surface area contributed by atoms with Gasteiger partial charge in [-0.15, -0.1) is 0 Å². The number of amides is 2. The van der Waals surface area contributed by atoms with E-state index in [0.717, 1.165) is 25.7 Å². The van der Waals surface area contributed by atoms with Gasteiger partial charge in [0, 0.05) is 26.7 Å². The second kappa shape index (κ2) is 9.79. The Bertz CT molecular complexity index is 1400. The van der Waals surface area contributed by atoms with Crippen molar-refractivity contribution < 1.29 is 14.0 Å². The molecule has 0 atom stereocenters. The number of aromatic nitrogens is 2. The highest BCUT2D eigenvalue weighted by Crippen LogP contribution is 2.24. The fourth-order valence-electron chi connectivity index (χ4n) is 3.21. The predicted octanol–water partition coefficient (Wildman–Crippen LogP) is 4.96. The van der Waals surface area contributed by atoms with Crippen molar-refractivity contribution in [1.82, 2.24) is 9.38 Å². The summed E-state index contributed by atoms with van der Waals surface area (Å²) in [4.78, 5) is 44.0. The second-order valence-corrected chi connectivity index (χ2v) is 9.38. The Kier molecular flexibility index (Phi) is 6.84. The fraction of sp³-hybridized carbons (Fsp3) is 0.130. The number of carbonyl (C=O) groups is 2. The van der Waals surface area contributed by atoms with Crippen molar-refractivity contribution in [2.75, 3.05) is 10.6 Å². The molecule has 2 amide bonds. The third-order valence-corrected chi connectivity index (χ3v) is 6.46.